The normalized spacial score (nSPS) is 18.2. The van der Waals surface area contributed by atoms with Crippen molar-refractivity contribution in [2.24, 2.45) is 12.2 Å². The Morgan fingerprint density at radius 1 is 1.43 bits per heavy atom. The number of oxime groups is 1. The predicted molar refractivity (Wildman–Crippen MR) is 158 cm³/mol. The number of likely N-dealkylation sites (N-methyl/N-ethyl adjacent to an activating group) is 1. The summed E-state index contributed by atoms with van der Waals surface area (Å²) >= 11 is 3.69. The summed E-state index contributed by atoms with van der Waals surface area (Å²) in [6, 6.07) is -0.985. The number of aliphatic carboxylic acids is 1. The van der Waals surface area contributed by atoms with Crippen molar-refractivity contribution in [2.45, 2.75) is 25.3 Å². The SMILES string of the molecule is C=CCO/N=C(/C(=O)NC1C(=O)N2C(C(=O)O)=C(CN(C)c3sc(C(=O)OCC)c(C)[n+]3C)CS[C@H]12)c1csc(N)n1. The first-order chi connectivity index (χ1) is 20.0. The van der Waals surface area contributed by atoms with Crippen LogP contribution in [0.25, 0.3) is 0 Å². The average molecular weight is 637 g/mol. The lowest BCUT2D eigenvalue weighted by Crippen LogP contribution is -2.71. The molecule has 4 rings (SSSR count). The lowest BCUT2D eigenvalue weighted by molar-refractivity contribution is -0.660. The molecule has 0 spiro atoms. The molecule has 2 amide bonds. The summed E-state index contributed by atoms with van der Waals surface area (Å²) in [5.74, 6) is -2.65. The number of ether oxygens (including phenoxy) is 1. The van der Waals surface area contributed by atoms with Crippen LogP contribution in [-0.2, 0) is 31.0 Å². The van der Waals surface area contributed by atoms with Gasteiger partial charge in [0.15, 0.2) is 15.7 Å². The number of carbonyl (C=O) groups excluding carboxylic acids is 3. The molecule has 1 saturated heterocycles. The molecule has 2 aliphatic rings. The molecule has 4 N–H and O–H groups in total. The number of carbonyl (C=O) groups is 4. The molecule has 0 bridgehead atoms. The van der Waals surface area contributed by atoms with Gasteiger partial charge in [0.1, 0.15) is 41.7 Å². The van der Waals surface area contributed by atoms with Crippen LogP contribution in [0.5, 0.6) is 0 Å². The number of β-lactam (4-membered cyclic amide) rings is 1. The van der Waals surface area contributed by atoms with E-state index in [1.807, 2.05) is 16.5 Å². The predicted octanol–water partition coefficient (Wildman–Crippen LogP) is 0.878. The van der Waals surface area contributed by atoms with Crippen molar-refractivity contribution in [1.82, 2.24) is 15.2 Å². The molecule has 17 heteroatoms. The number of hydrogen-bond acceptors (Lipinski definition) is 13. The highest BCUT2D eigenvalue weighted by atomic mass is 32.2. The number of esters is 1. The van der Waals surface area contributed by atoms with Gasteiger partial charge in [-0.3, -0.25) is 19.4 Å². The topological polar surface area (TPSA) is 181 Å². The Kier molecular flexibility index (Phi) is 9.53. The minimum atomic E-state index is -1.25. The number of fused-ring (bicyclic) bond motifs is 1. The third-order valence-corrected chi connectivity index (χ3v) is 9.84. The van der Waals surface area contributed by atoms with Crippen LogP contribution in [-0.4, -0.2) is 88.4 Å². The number of rotatable bonds is 12. The lowest BCUT2D eigenvalue weighted by atomic mass is 10.0. The zero-order chi connectivity index (χ0) is 30.7. The van der Waals surface area contributed by atoms with Crippen LogP contribution in [0.2, 0.25) is 0 Å². The molecule has 2 aliphatic heterocycles. The molecule has 0 radical (unpaired) electrons. The van der Waals surface area contributed by atoms with E-state index in [1.54, 1.807) is 20.9 Å². The summed E-state index contributed by atoms with van der Waals surface area (Å²) in [6.45, 7) is 7.56. The van der Waals surface area contributed by atoms with Gasteiger partial charge in [-0.1, -0.05) is 17.8 Å². The molecule has 14 nitrogen and oxygen atoms in total. The fraction of sp³-hybridized carbons (Fsp3) is 0.400. The van der Waals surface area contributed by atoms with E-state index in [1.165, 1.54) is 39.5 Å². The number of anilines is 2. The highest BCUT2D eigenvalue weighted by Gasteiger charge is 2.54. The van der Waals surface area contributed by atoms with Gasteiger partial charge in [0, 0.05) is 16.7 Å². The molecule has 2 aromatic heterocycles. The summed E-state index contributed by atoms with van der Waals surface area (Å²) in [5.41, 5.74) is 6.83. The van der Waals surface area contributed by atoms with Crippen LogP contribution in [0.1, 0.15) is 28.0 Å². The van der Waals surface area contributed by atoms with E-state index >= 15 is 0 Å². The molecule has 2 aromatic rings. The summed E-state index contributed by atoms with van der Waals surface area (Å²) in [4.78, 5) is 63.8. The third kappa shape index (κ3) is 5.98. The average Bonchev–Trinajstić information content (AvgIpc) is 3.51. The molecule has 4 heterocycles. The second-order valence-electron chi connectivity index (χ2n) is 9.15. The highest BCUT2D eigenvalue weighted by Crippen LogP contribution is 2.41. The minimum Gasteiger partial charge on any atom is -0.477 e. The Morgan fingerprint density at radius 3 is 2.79 bits per heavy atom. The van der Waals surface area contributed by atoms with E-state index in [9.17, 15) is 24.3 Å². The molecule has 0 saturated carbocycles. The number of hydrogen-bond donors (Lipinski definition) is 3. The van der Waals surface area contributed by atoms with E-state index in [0.717, 1.165) is 17.0 Å². The second-order valence-corrected chi connectivity index (χ2v) is 12.1. The zero-order valence-electron chi connectivity index (χ0n) is 23.3. The number of thiazole rings is 2. The molecule has 2 atom stereocenters. The number of thioether (sulfide) groups is 1. The van der Waals surface area contributed by atoms with Gasteiger partial charge < -0.3 is 25.7 Å². The van der Waals surface area contributed by atoms with E-state index < -0.39 is 35.2 Å². The largest absolute Gasteiger partial charge is 0.477 e. The first-order valence-electron chi connectivity index (χ1n) is 12.6. The number of aromatic nitrogens is 2. The fourth-order valence-electron chi connectivity index (χ4n) is 4.37. The summed E-state index contributed by atoms with van der Waals surface area (Å²) < 4.78 is 6.99. The summed E-state index contributed by atoms with van der Waals surface area (Å²) in [6.07, 6.45) is 1.45. The van der Waals surface area contributed by atoms with Crippen LogP contribution >= 0.6 is 34.4 Å². The minimum absolute atomic E-state index is 0.0439. The molecule has 224 valence electrons. The molecular weight excluding hydrogens is 607 g/mol. The molecule has 0 aromatic carbocycles. The number of nitrogens with zero attached hydrogens (tertiary/aromatic N) is 5. The number of nitrogen functional groups attached to an aromatic ring is 1. The monoisotopic (exact) mass is 636 g/mol. The zero-order valence-corrected chi connectivity index (χ0v) is 25.7. The molecule has 0 aliphatic carbocycles. The molecular formula is C25H30N7O7S3+. The number of carboxylic acids is 1. The standard InChI is InChI=1S/C25H29N7O7S3/c1-6-8-39-29-15(14-11-41-24(26)27-14)19(33)28-16-20(34)32-17(22(35)36)13(10-40-21(16)32)9-30(4)25-31(5)12(3)18(42-25)23(37)38-7-2/h6,11,16,21H,1,7-10H2,2-5H3,(H3-,26,27,28,33,35,36)/p+1/b29-15+/t16?,21-/m1/s1. The van der Waals surface area contributed by atoms with Crippen molar-refractivity contribution in [3.63, 3.8) is 0 Å². The first-order valence-corrected chi connectivity index (χ1v) is 15.3. The number of amides is 2. The van der Waals surface area contributed by atoms with E-state index in [0.29, 0.717) is 21.3 Å². The highest BCUT2D eigenvalue weighted by molar-refractivity contribution is 8.00. The van der Waals surface area contributed by atoms with Crippen LogP contribution in [0.3, 0.4) is 0 Å². The summed E-state index contributed by atoms with van der Waals surface area (Å²) in [5, 5.41) is 18.4. The van der Waals surface area contributed by atoms with Crippen LogP contribution in [0, 0.1) is 6.92 Å². The van der Waals surface area contributed by atoms with Crippen molar-refractivity contribution in [2.75, 3.05) is 43.2 Å². The molecule has 42 heavy (non-hydrogen) atoms. The number of nitrogens with one attached hydrogen (secondary N) is 1. The van der Waals surface area contributed by atoms with Crippen molar-refractivity contribution in [3.8, 4) is 0 Å². The summed E-state index contributed by atoms with van der Waals surface area (Å²) in [7, 11) is 3.59. The van der Waals surface area contributed by atoms with Gasteiger partial charge in [-0.15, -0.1) is 23.1 Å². The smallest absolute Gasteiger partial charge is 0.352 e. The Morgan fingerprint density at radius 2 is 2.17 bits per heavy atom. The van der Waals surface area contributed by atoms with Crippen molar-refractivity contribution in [1.29, 1.82) is 0 Å². The second kappa shape index (κ2) is 12.9. The van der Waals surface area contributed by atoms with Gasteiger partial charge in [-0.05, 0) is 25.2 Å². The Bertz CT molecular complexity index is 1500. The number of carboxylic acid groups (broad SMARTS) is 1. The quantitative estimate of drug-likeness (QED) is 0.0572. The van der Waals surface area contributed by atoms with Gasteiger partial charge in [0.05, 0.1) is 20.7 Å². The van der Waals surface area contributed by atoms with Crippen molar-refractivity contribution in [3.05, 3.63) is 45.6 Å². The van der Waals surface area contributed by atoms with Crippen LogP contribution < -0.4 is 20.5 Å². The van der Waals surface area contributed by atoms with E-state index in [-0.39, 0.29) is 42.0 Å². The van der Waals surface area contributed by atoms with E-state index in [4.69, 9.17) is 15.3 Å². The van der Waals surface area contributed by atoms with Gasteiger partial charge in [0.2, 0.25) is 0 Å². The number of nitrogens with two attached hydrogens (primary N) is 1. The van der Waals surface area contributed by atoms with Gasteiger partial charge >= 0.3 is 17.1 Å². The maximum absolute atomic E-state index is 13.2. The first kappa shape index (κ1) is 31.0. The molecule has 1 unspecified atom stereocenters. The maximum atomic E-state index is 13.2. The lowest BCUT2D eigenvalue weighted by Gasteiger charge is -2.49. The molecule has 1 fully saturated rings. The van der Waals surface area contributed by atoms with Crippen molar-refractivity contribution < 1.29 is 38.4 Å². The Balaban J connectivity index is 1.53. The van der Waals surface area contributed by atoms with E-state index in [2.05, 4.69) is 22.0 Å². The van der Waals surface area contributed by atoms with Crippen molar-refractivity contribution >= 4 is 74.2 Å². The van der Waals surface area contributed by atoms with Gasteiger partial charge in [-0.2, -0.15) is 0 Å². The fourth-order valence-corrected chi connectivity index (χ4v) is 7.36. The maximum Gasteiger partial charge on any atom is 0.352 e. The van der Waals surface area contributed by atoms with Gasteiger partial charge in [-0.25, -0.2) is 19.1 Å². The Labute approximate surface area is 253 Å². The van der Waals surface area contributed by atoms with Gasteiger partial charge in [0.25, 0.3) is 11.8 Å². The van der Waals surface area contributed by atoms with Crippen LogP contribution in [0.15, 0.2) is 34.5 Å². The Hall–Kier alpha value is -3.96. The third-order valence-electron chi connectivity index (χ3n) is 6.39. The van der Waals surface area contributed by atoms with Crippen LogP contribution in [0.4, 0.5) is 10.3 Å².